The first kappa shape index (κ1) is 17.7. The number of carbonyl (C=O) groups excluding carboxylic acids is 1. The van der Waals surface area contributed by atoms with Crippen molar-refractivity contribution in [2.75, 3.05) is 0 Å². The fraction of sp³-hybridized carbons (Fsp3) is 0.235. The average molecular weight is 338 g/mol. The Morgan fingerprint density at radius 3 is 2.29 bits per heavy atom. The van der Waals surface area contributed by atoms with Gasteiger partial charge in [-0.3, -0.25) is 0 Å². The van der Waals surface area contributed by atoms with Crippen molar-refractivity contribution < 1.29 is 22.7 Å². The molecule has 7 heteroatoms. The topological polar surface area (TPSA) is 50.4 Å². The van der Waals surface area contributed by atoms with Crippen LogP contribution in [-0.4, -0.2) is 12.6 Å². The number of amides is 2. The average Bonchev–Trinajstić information content (AvgIpc) is 2.54. The molecule has 0 aliphatic heterocycles. The third-order valence-electron chi connectivity index (χ3n) is 3.32. The Balaban J connectivity index is 1.83. The summed E-state index contributed by atoms with van der Waals surface area (Å²) in [4.78, 5) is 11.9. The highest BCUT2D eigenvalue weighted by Crippen LogP contribution is 2.19. The van der Waals surface area contributed by atoms with Gasteiger partial charge < -0.3 is 15.4 Å². The molecule has 1 unspecified atom stereocenters. The maximum Gasteiger partial charge on any atom is 0.387 e. The molecule has 0 heterocycles. The number of hydrogen-bond donors (Lipinski definition) is 2. The van der Waals surface area contributed by atoms with Crippen LogP contribution in [0.5, 0.6) is 5.75 Å². The lowest BCUT2D eigenvalue weighted by atomic mass is 10.1. The zero-order valence-electron chi connectivity index (χ0n) is 12.9. The van der Waals surface area contributed by atoms with Gasteiger partial charge in [-0.2, -0.15) is 8.78 Å². The third kappa shape index (κ3) is 5.49. The molecule has 0 fully saturated rings. The van der Waals surface area contributed by atoms with Gasteiger partial charge in [0.15, 0.2) is 0 Å². The van der Waals surface area contributed by atoms with Crippen molar-refractivity contribution in [3.63, 3.8) is 0 Å². The number of carbonyl (C=O) groups is 1. The van der Waals surface area contributed by atoms with E-state index in [2.05, 4.69) is 15.4 Å². The van der Waals surface area contributed by atoms with E-state index < -0.39 is 6.61 Å². The van der Waals surface area contributed by atoms with Crippen molar-refractivity contribution in [2.24, 2.45) is 0 Å². The highest BCUT2D eigenvalue weighted by atomic mass is 19.3. The zero-order valence-corrected chi connectivity index (χ0v) is 12.9. The highest BCUT2D eigenvalue weighted by Gasteiger charge is 2.10. The lowest BCUT2D eigenvalue weighted by molar-refractivity contribution is -0.0498. The van der Waals surface area contributed by atoms with E-state index in [0.717, 1.165) is 11.1 Å². The summed E-state index contributed by atoms with van der Waals surface area (Å²) < 4.78 is 41.2. The number of alkyl halides is 2. The number of benzene rings is 2. The van der Waals surface area contributed by atoms with Crippen LogP contribution < -0.4 is 15.4 Å². The molecule has 0 aliphatic rings. The molecule has 4 nitrogen and oxygen atoms in total. The van der Waals surface area contributed by atoms with E-state index in [1.54, 1.807) is 31.2 Å². The fourth-order valence-corrected chi connectivity index (χ4v) is 2.05. The summed E-state index contributed by atoms with van der Waals surface area (Å²) in [5.41, 5.74) is 1.52. The zero-order chi connectivity index (χ0) is 17.5. The monoisotopic (exact) mass is 338 g/mol. The van der Waals surface area contributed by atoms with Gasteiger partial charge in [-0.05, 0) is 42.3 Å². The molecule has 2 rings (SSSR count). The molecule has 0 aromatic heterocycles. The van der Waals surface area contributed by atoms with E-state index >= 15 is 0 Å². The van der Waals surface area contributed by atoms with Crippen LogP contribution in [-0.2, 0) is 6.54 Å². The number of ether oxygens (including phenoxy) is 1. The Labute approximate surface area is 137 Å². The summed E-state index contributed by atoms with van der Waals surface area (Å²) in [6, 6.07) is 11.1. The van der Waals surface area contributed by atoms with E-state index in [-0.39, 0.29) is 30.2 Å². The first-order valence-corrected chi connectivity index (χ1v) is 7.27. The summed E-state index contributed by atoms with van der Waals surface area (Å²) in [7, 11) is 0. The van der Waals surface area contributed by atoms with E-state index in [0.29, 0.717) is 0 Å². The molecule has 0 aliphatic carbocycles. The van der Waals surface area contributed by atoms with Gasteiger partial charge in [0.25, 0.3) is 0 Å². The Bertz CT molecular complexity index is 661. The molecule has 0 saturated carbocycles. The van der Waals surface area contributed by atoms with Crippen LogP contribution in [0, 0.1) is 5.82 Å². The van der Waals surface area contributed by atoms with Crippen LogP contribution >= 0.6 is 0 Å². The molecule has 24 heavy (non-hydrogen) atoms. The van der Waals surface area contributed by atoms with Gasteiger partial charge in [0.2, 0.25) is 0 Å². The van der Waals surface area contributed by atoms with Crippen LogP contribution in [0.2, 0.25) is 0 Å². The van der Waals surface area contributed by atoms with Crippen molar-refractivity contribution >= 4 is 6.03 Å². The predicted octanol–water partition coefficient (Wildman–Crippen LogP) is 3.99. The summed E-state index contributed by atoms with van der Waals surface area (Å²) >= 11 is 0. The van der Waals surface area contributed by atoms with Gasteiger partial charge in [0.05, 0.1) is 6.04 Å². The molecule has 2 amide bonds. The molecule has 2 aromatic rings. The maximum atomic E-state index is 12.8. The predicted molar refractivity (Wildman–Crippen MR) is 83.3 cm³/mol. The second-order valence-electron chi connectivity index (χ2n) is 5.12. The number of urea groups is 1. The van der Waals surface area contributed by atoms with Crippen LogP contribution in [0.4, 0.5) is 18.0 Å². The van der Waals surface area contributed by atoms with E-state index in [1.807, 2.05) is 0 Å². The first-order chi connectivity index (χ1) is 11.4. The van der Waals surface area contributed by atoms with Crippen LogP contribution in [0.3, 0.4) is 0 Å². The largest absolute Gasteiger partial charge is 0.435 e. The minimum Gasteiger partial charge on any atom is -0.435 e. The molecular formula is C17H17F3N2O2. The maximum absolute atomic E-state index is 12.8. The number of nitrogens with one attached hydrogen (secondary N) is 2. The number of hydrogen-bond acceptors (Lipinski definition) is 2. The standard InChI is InChI=1S/C17H17F3N2O2/c1-11(13-4-8-15(9-5-13)24-16(19)20)22-17(23)21-10-12-2-6-14(18)7-3-12/h2-9,11,16H,10H2,1H3,(H2,21,22,23). The molecule has 1 atom stereocenters. The molecular weight excluding hydrogens is 321 g/mol. The minimum absolute atomic E-state index is 0.0571. The fourth-order valence-electron chi connectivity index (χ4n) is 2.05. The molecule has 128 valence electrons. The molecule has 2 N–H and O–H groups in total. The van der Waals surface area contributed by atoms with Gasteiger partial charge in [-0.15, -0.1) is 0 Å². The second-order valence-corrected chi connectivity index (χ2v) is 5.12. The van der Waals surface area contributed by atoms with Gasteiger partial charge >= 0.3 is 12.6 Å². The van der Waals surface area contributed by atoms with Gasteiger partial charge in [-0.25, -0.2) is 9.18 Å². The molecule has 0 spiro atoms. The minimum atomic E-state index is -2.87. The Morgan fingerprint density at radius 1 is 1.08 bits per heavy atom. The Hall–Kier alpha value is -2.70. The lowest BCUT2D eigenvalue weighted by Crippen LogP contribution is -2.36. The number of halogens is 3. The van der Waals surface area contributed by atoms with Crippen LogP contribution in [0.25, 0.3) is 0 Å². The molecule has 0 saturated heterocycles. The van der Waals surface area contributed by atoms with Crippen molar-refractivity contribution in [3.8, 4) is 5.75 Å². The van der Waals surface area contributed by atoms with Crippen molar-refractivity contribution in [3.05, 3.63) is 65.5 Å². The van der Waals surface area contributed by atoms with Gasteiger partial charge in [0.1, 0.15) is 11.6 Å². The van der Waals surface area contributed by atoms with E-state index in [4.69, 9.17) is 0 Å². The highest BCUT2D eigenvalue weighted by molar-refractivity contribution is 5.74. The molecule has 2 aromatic carbocycles. The first-order valence-electron chi connectivity index (χ1n) is 7.27. The Morgan fingerprint density at radius 2 is 1.71 bits per heavy atom. The lowest BCUT2D eigenvalue weighted by Gasteiger charge is -2.15. The van der Waals surface area contributed by atoms with Crippen molar-refractivity contribution in [2.45, 2.75) is 26.1 Å². The normalized spacial score (nSPS) is 11.9. The quantitative estimate of drug-likeness (QED) is 0.837. The summed E-state index contributed by atoms with van der Waals surface area (Å²) in [5.74, 6) is -0.280. The summed E-state index contributed by atoms with van der Waals surface area (Å²) in [6.07, 6.45) is 0. The van der Waals surface area contributed by atoms with Crippen LogP contribution in [0.1, 0.15) is 24.1 Å². The summed E-state index contributed by atoms with van der Waals surface area (Å²) in [6.45, 7) is -0.843. The molecule has 0 bridgehead atoms. The van der Waals surface area contributed by atoms with E-state index in [1.165, 1.54) is 24.3 Å². The van der Waals surface area contributed by atoms with Gasteiger partial charge in [-0.1, -0.05) is 24.3 Å². The Kier molecular flexibility index (Phi) is 6.06. The van der Waals surface area contributed by atoms with E-state index in [9.17, 15) is 18.0 Å². The number of rotatable bonds is 6. The third-order valence-corrected chi connectivity index (χ3v) is 3.32. The molecule has 0 radical (unpaired) electrons. The second kappa shape index (κ2) is 8.24. The smallest absolute Gasteiger partial charge is 0.387 e. The van der Waals surface area contributed by atoms with Crippen LogP contribution in [0.15, 0.2) is 48.5 Å². The van der Waals surface area contributed by atoms with Gasteiger partial charge in [0, 0.05) is 6.54 Å². The SMILES string of the molecule is CC(NC(=O)NCc1ccc(F)cc1)c1ccc(OC(F)F)cc1. The summed E-state index contributed by atoms with van der Waals surface area (Å²) in [5, 5.41) is 5.39. The van der Waals surface area contributed by atoms with Crippen molar-refractivity contribution in [1.29, 1.82) is 0 Å². The van der Waals surface area contributed by atoms with Crippen molar-refractivity contribution in [1.82, 2.24) is 10.6 Å².